The lowest BCUT2D eigenvalue weighted by Crippen LogP contribution is -2.26. The second-order valence-corrected chi connectivity index (χ2v) is 4.20. The third kappa shape index (κ3) is 3.60. The summed E-state index contributed by atoms with van der Waals surface area (Å²) in [6.07, 6.45) is 3.39. The van der Waals surface area contributed by atoms with Crippen molar-refractivity contribution >= 4 is 35.0 Å². The molecule has 0 aromatic carbocycles. The first-order valence-electron chi connectivity index (χ1n) is 4.33. The largest absolute Gasteiger partial charge is 0.397 e. The Morgan fingerprint density at radius 3 is 3.13 bits per heavy atom. The van der Waals surface area contributed by atoms with Crippen LogP contribution >= 0.6 is 23.4 Å². The number of carbonyl (C=O) groups is 1. The summed E-state index contributed by atoms with van der Waals surface area (Å²) in [6.45, 7) is 0.602. The van der Waals surface area contributed by atoms with Gasteiger partial charge >= 0.3 is 0 Å². The molecule has 0 bridgehead atoms. The normalized spacial score (nSPS) is 10.0. The number of hydrogen-bond acceptors (Lipinski definition) is 4. The zero-order valence-corrected chi connectivity index (χ0v) is 9.86. The third-order valence-electron chi connectivity index (χ3n) is 1.70. The van der Waals surface area contributed by atoms with Crippen molar-refractivity contribution in [1.29, 1.82) is 0 Å². The highest BCUT2D eigenvalue weighted by molar-refractivity contribution is 7.98. The van der Waals surface area contributed by atoms with Gasteiger partial charge in [-0.25, -0.2) is 4.98 Å². The van der Waals surface area contributed by atoms with Crippen molar-refractivity contribution in [2.45, 2.75) is 0 Å². The summed E-state index contributed by atoms with van der Waals surface area (Å²) in [6, 6.07) is 1.52. The zero-order chi connectivity index (χ0) is 11.3. The summed E-state index contributed by atoms with van der Waals surface area (Å²) in [7, 11) is 0. The van der Waals surface area contributed by atoms with Crippen LogP contribution in [-0.2, 0) is 0 Å². The quantitative estimate of drug-likeness (QED) is 0.622. The van der Waals surface area contributed by atoms with Gasteiger partial charge in [0.2, 0.25) is 0 Å². The van der Waals surface area contributed by atoms with Crippen molar-refractivity contribution in [3.63, 3.8) is 0 Å². The fraction of sp³-hybridized carbons (Fsp3) is 0.333. The van der Waals surface area contributed by atoms with Crippen LogP contribution in [0.1, 0.15) is 10.4 Å². The highest BCUT2D eigenvalue weighted by Gasteiger charge is 2.10. The minimum absolute atomic E-state index is 0.172. The van der Waals surface area contributed by atoms with E-state index in [0.29, 0.717) is 17.8 Å². The molecule has 0 saturated heterocycles. The standard InChI is InChI=1S/C9H12ClN3OS/c1-15-3-2-12-9(14)7-4-6(11)5-13-8(7)10/h4-5H,2-3,11H2,1H3,(H,12,14). The molecule has 0 aliphatic rings. The summed E-state index contributed by atoms with van der Waals surface area (Å²) >= 11 is 7.43. The first-order valence-corrected chi connectivity index (χ1v) is 6.10. The number of anilines is 1. The Morgan fingerprint density at radius 1 is 1.73 bits per heavy atom. The summed E-state index contributed by atoms with van der Waals surface area (Å²) in [5, 5.41) is 2.90. The zero-order valence-electron chi connectivity index (χ0n) is 8.29. The number of rotatable bonds is 4. The summed E-state index contributed by atoms with van der Waals surface area (Å²) in [4.78, 5) is 15.4. The molecule has 0 fully saturated rings. The van der Waals surface area contributed by atoms with Crippen molar-refractivity contribution in [2.75, 3.05) is 24.3 Å². The maximum Gasteiger partial charge on any atom is 0.254 e. The lowest BCUT2D eigenvalue weighted by atomic mass is 10.2. The van der Waals surface area contributed by atoms with Gasteiger partial charge in [-0.15, -0.1) is 0 Å². The second kappa shape index (κ2) is 5.82. The van der Waals surface area contributed by atoms with Gasteiger partial charge in [-0.3, -0.25) is 4.79 Å². The molecule has 0 aliphatic heterocycles. The molecule has 1 amide bonds. The van der Waals surface area contributed by atoms with E-state index in [1.54, 1.807) is 11.8 Å². The Kier molecular flexibility index (Phi) is 4.71. The number of hydrogen-bond donors (Lipinski definition) is 2. The number of carbonyl (C=O) groups excluding carboxylic acids is 1. The second-order valence-electron chi connectivity index (χ2n) is 2.86. The van der Waals surface area contributed by atoms with Gasteiger partial charge in [0.15, 0.2) is 0 Å². The van der Waals surface area contributed by atoms with Crippen molar-refractivity contribution in [2.24, 2.45) is 0 Å². The number of nitrogens with one attached hydrogen (secondary N) is 1. The predicted octanol–water partition coefficient (Wildman–Crippen LogP) is 1.41. The molecule has 1 rings (SSSR count). The molecule has 4 nitrogen and oxygen atoms in total. The maximum atomic E-state index is 11.6. The van der Waals surface area contributed by atoms with Crippen molar-refractivity contribution in [3.05, 3.63) is 23.0 Å². The van der Waals surface area contributed by atoms with Crippen LogP contribution in [0.15, 0.2) is 12.3 Å². The maximum absolute atomic E-state index is 11.6. The lowest BCUT2D eigenvalue weighted by Gasteiger charge is -2.05. The molecule has 1 aromatic heterocycles. The summed E-state index contributed by atoms with van der Waals surface area (Å²) in [5.74, 6) is 0.618. The molecule has 0 unspecified atom stereocenters. The van der Waals surface area contributed by atoms with Crippen LogP contribution in [0.25, 0.3) is 0 Å². The van der Waals surface area contributed by atoms with E-state index in [-0.39, 0.29) is 11.1 Å². The van der Waals surface area contributed by atoms with Gasteiger partial charge in [0.25, 0.3) is 5.91 Å². The minimum atomic E-state index is -0.242. The average molecular weight is 246 g/mol. The Balaban J connectivity index is 2.68. The molecule has 82 valence electrons. The van der Waals surface area contributed by atoms with Gasteiger partial charge in [0.05, 0.1) is 17.4 Å². The van der Waals surface area contributed by atoms with Gasteiger partial charge in [0, 0.05) is 12.3 Å². The van der Waals surface area contributed by atoms with Crippen LogP contribution in [-0.4, -0.2) is 29.4 Å². The van der Waals surface area contributed by atoms with E-state index in [0.717, 1.165) is 5.75 Å². The molecule has 0 aliphatic carbocycles. The molecule has 3 N–H and O–H groups in total. The molecular weight excluding hydrogens is 234 g/mol. The fourth-order valence-electron chi connectivity index (χ4n) is 0.985. The monoisotopic (exact) mass is 245 g/mol. The Hall–Kier alpha value is -0.940. The van der Waals surface area contributed by atoms with E-state index >= 15 is 0 Å². The van der Waals surface area contributed by atoms with Crippen LogP contribution in [0.5, 0.6) is 0 Å². The lowest BCUT2D eigenvalue weighted by molar-refractivity contribution is 0.0956. The van der Waals surface area contributed by atoms with Crippen LogP contribution in [0.2, 0.25) is 5.15 Å². The molecule has 0 radical (unpaired) electrons. The highest BCUT2D eigenvalue weighted by Crippen LogP contribution is 2.15. The number of nitrogen functional groups attached to an aromatic ring is 1. The van der Waals surface area contributed by atoms with E-state index in [4.69, 9.17) is 17.3 Å². The van der Waals surface area contributed by atoms with Crippen LogP contribution in [0.3, 0.4) is 0 Å². The number of nitrogens with zero attached hydrogens (tertiary/aromatic N) is 1. The van der Waals surface area contributed by atoms with Gasteiger partial charge in [-0.1, -0.05) is 11.6 Å². The molecule has 0 spiro atoms. The number of aromatic nitrogens is 1. The minimum Gasteiger partial charge on any atom is -0.397 e. The molecule has 1 heterocycles. The fourth-order valence-corrected chi connectivity index (χ4v) is 1.48. The van der Waals surface area contributed by atoms with Crippen LogP contribution in [0.4, 0.5) is 5.69 Å². The predicted molar refractivity (Wildman–Crippen MR) is 64.4 cm³/mol. The van der Waals surface area contributed by atoms with Crippen LogP contribution in [0, 0.1) is 0 Å². The molecule has 6 heteroatoms. The van der Waals surface area contributed by atoms with E-state index < -0.39 is 0 Å². The first-order chi connectivity index (χ1) is 7.15. The number of nitrogens with two attached hydrogens (primary N) is 1. The molecule has 15 heavy (non-hydrogen) atoms. The topological polar surface area (TPSA) is 68.0 Å². The molecular formula is C9H12ClN3OS. The third-order valence-corrected chi connectivity index (χ3v) is 2.61. The number of thioether (sulfide) groups is 1. The number of pyridine rings is 1. The van der Waals surface area contributed by atoms with Crippen molar-refractivity contribution in [1.82, 2.24) is 10.3 Å². The summed E-state index contributed by atoms with van der Waals surface area (Å²) in [5.41, 5.74) is 6.26. The average Bonchev–Trinajstić information content (AvgIpc) is 2.22. The highest BCUT2D eigenvalue weighted by atomic mass is 35.5. The van der Waals surface area contributed by atoms with Crippen LogP contribution < -0.4 is 11.1 Å². The van der Waals surface area contributed by atoms with E-state index in [1.165, 1.54) is 12.3 Å². The number of amides is 1. The van der Waals surface area contributed by atoms with Gasteiger partial charge < -0.3 is 11.1 Å². The Labute approximate surface area is 97.6 Å². The Morgan fingerprint density at radius 2 is 2.47 bits per heavy atom. The smallest absolute Gasteiger partial charge is 0.254 e. The molecule has 1 aromatic rings. The Bertz CT molecular complexity index is 359. The van der Waals surface area contributed by atoms with E-state index in [1.807, 2.05) is 6.26 Å². The van der Waals surface area contributed by atoms with Gasteiger partial charge in [-0.05, 0) is 12.3 Å². The van der Waals surface area contributed by atoms with Gasteiger partial charge in [0.1, 0.15) is 5.15 Å². The number of halogens is 1. The SMILES string of the molecule is CSCCNC(=O)c1cc(N)cnc1Cl. The van der Waals surface area contributed by atoms with Crippen molar-refractivity contribution in [3.8, 4) is 0 Å². The van der Waals surface area contributed by atoms with E-state index in [9.17, 15) is 4.79 Å². The van der Waals surface area contributed by atoms with Crippen molar-refractivity contribution < 1.29 is 4.79 Å². The van der Waals surface area contributed by atoms with Gasteiger partial charge in [-0.2, -0.15) is 11.8 Å². The molecule has 0 saturated carbocycles. The summed E-state index contributed by atoms with van der Waals surface area (Å²) < 4.78 is 0. The molecule has 0 atom stereocenters. The van der Waals surface area contributed by atoms with E-state index in [2.05, 4.69) is 10.3 Å². The first kappa shape index (κ1) is 12.1.